The molecule has 0 spiro atoms. The Morgan fingerprint density at radius 1 is 1.09 bits per heavy atom. The summed E-state index contributed by atoms with van der Waals surface area (Å²) < 4.78 is 9.40. The number of halogens is 3. The van der Waals surface area contributed by atoms with E-state index in [1.54, 1.807) is 0 Å². The molecule has 0 aromatic carbocycles. The number of rotatable bonds is 6. The van der Waals surface area contributed by atoms with Gasteiger partial charge in [-0.3, -0.25) is 0 Å². The van der Waals surface area contributed by atoms with Gasteiger partial charge in [-0.05, 0) is 0 Å². The van der Waals surface area contributed by atoms with E-state index in [4.69, 9.17) is 37.1 Å². The van der Waals surface area contributed by atoms with Crippen molar-refractivity contribution in [2.75, 3.05) is 25.0 Å². The van der Waals surface area contributed by atoms with Gasteiger partial charge in [-0.15, -0.1) is 35.6 Å². The molecule has 0 aromatic heterocycles. The zero-order chi connectivity index (χ0) is 7.82. The van der Waals surface area contributed by atoms with Crippen molar-refractivity contribution in [3.8, 4) is 0 Å². The number of hydrogen-bond donors (Lipinski definition) is 1. The molecule has 0 fully saturated rings. The molecule has 0 aliphatic carbocycles. The van der Waals surface area contributed by atoms with E-state index in [1.807, 2.05) is 0 Å². The van der Waals surface area contributed by atoms with Crippen molar-refractivity contribution in [1.29, 1.82) is 0 Å². The quantitative estimate of drug-likeness (QED) is 0.574. The van der Waals surface area contributed by atoms with Gasteiger partial charge in [-0.1, -0.05) is 0 Å². The molecule has 0 aromatic rings. The molecule has 0 radical (unpaired) electrons. The van der Waals surface area contributed by atoms with Gasteiger partial charge in [-0.25, -0.2) is 0 Å². The minimum absolute atomic E-state index is 0. The lowest BCUT2D eigenvalue weighted by molar-refractivity contribution is 0.218. The molecule has 70 valence electrons. The van der Waals surface area contributed by atoms with E-state index < -0.39 is 8.60 Å². The Morgan fingerprint density at radius 3 is 1.73 bits per heavy atom. The van der Waals surface area contributed by atoms with Crippen LogP contribution >= 0.6 is 44.2 Å². The summed E-state index contributed by atoms with van der Waals surface area (Å²) in [6.07, 6.45) is 0. The molecular weight excluding hydrogens is 233 g/mol. The summed E-state index contributed by atoms with van der Waals surface area (Å²) in [5.74, 6) is 0.702. The topological polar surface area (TPSA) is 38.7 Å². The highest BCUT2D eigenvalue weighted by Crippen LogP contribution is 2.31. The molecule has 11 heavy (non-hydrogen) atoms. The van der Waals surface area contributed by atoms with Crippen LogP contribution in [0, 0.1) is 0 Å². The first-order valence-corrected chi connectivity index (χ1v) is 4.88. The van der Waals surface area contributed by atoms with Gasteiger partial charge in [0.1, 0.15) is 0 Å². The van der Waals surface area contributed by atoms with Crippen molar-refractivity contribution in [3.05, 3.63) is 0 Å². The van der Waals surface area contributed by atoms with Crippen LogP contribution in [0.4, 0.5) is 0 Å². The second-order valence-corrected chi connectivity index (χ2v) is 3.03. The van der Waals surface area contributed by atoms with Crippen LogP contribution in [0.5, 0.6) is 0 Å². The fourth-order valence-corrected chi connectivity index (χ4v) is 1.20. The molecule has 0 amide bonds. The largest absolute Gasteiger partial charge is 0.329 e. The van der Waals surface area contributed by atoms with Crippen LogP contribution in [0.25, 0.3) is 0 Å². The molecule has 7 heteroatoms. The number of hydrogen-bond acceptors (Lipinski definition) is 3. The van der Waals surface area contributed by atoms with Gasteiger partial charge in [0.05, 0.1) is 13.2 Å². The zero-order valence-corrected chi connectivity index (χ0v) is 8.93. The summed E-state index contributed by atoms with van der Waals surface area (Å²) in [6, 6.07) is 0. The van der Waals surface area contributed by atoms with Crippen LogP contribution in [-0.2, 0) is 9.05 Å². The Bertz CT molecular complexity index is 69.6. The molecule has 0 bridgehead atoms. The normalized spacial score (nSPS) is 9.82. The third-order valence-electron chi connectivity index (χ3n) is 0.558. The van der Waals surface area contributed by atoms with Gasteiger partial charge in [0.25, 0.3) is 0 Å². The summed E-state index contributed by atoms with van der Waals surface area (Å²) in [5.41, 5.74) is 0. The Labute approximate surface area is 83.4 Å². The summed E-state index contributed by atoms with van der Waals surface area (Å²) in [7, 11) is -1.76. The SMILES string of the molecule is Cl.OP(OCCCl)OCCCl. The molecule has 3 nitrogen and oxygen atoms in total. The highest BCUT2D eigenvalue weighted by molar-refractivity contribution is 7.40. The lowest BCUT2D eigenvalue weighted by Gasteiger charge is -2.07. The summed E-state index contributed by atoms with van der Waals surface area (Å²) >= 11 is 10.5. The van der Waals surface area contributed by atoms with Crippen molar-refractivity contribution >= 4 is 44.2 Å². The Kier molecular flexibility index (Phi) is 14.9. The predicted molar refractivity (Wildman–Crippen MR) is 49.7 cm³/mol. The molecule has 0 saturated heterocycles. The first-order valence-electron chi connectivity index (χ1n) is 2.68. The molecule has 0 unspecified atom stereocenters. The van der Waals surface area contributed by atoms with Crippen molar-refractivity contribution in [2.45, 2.75) is 0 Å². The van der Waals surface area contributed by atoms with Crippen molar-refractivity contribution in [2.24, 2.45) is 0 Å². The van der Waals surface area contributed by atoms with Gasteiger partial charge in [0.2, 0.25) is 0 Å². The minimum Gasteiger partial charge on any atom is -0.328 e. The molecule has 0 atom stereocenters. The fraction of sp³-hybridized carbons (Fsp3) is 1.00. The van der Waals surface area contributed by atoms with Crippen LogP contribution in [0.1, 0.15) is 0 Å². The average molecular weight is 243 g/mol. The summed E-state index contributed by atoms with van der Waals surface area (Å²) in [6.45, 7) is 0.595. The van der Waals surface area contributed by atoms with E-state index in [1.165, 1.54) is 0 Å². The first-order chi connectivity index (χ1) is 4.81. The first kappa shape index (κ1) is 14.7. The van der Waals surface area contributed by atoms with E-state index in [0.29, 0.717) is 25.0 Å². The van der Waals surface area contributed by atoms with E-state index in [2.05, 4.69) is 0 Å². The molecule has 0 aliphatic heterocycles. The second-order valence-electron chi connectivity index (χ2n) is 1.28. The van der Waals surface area contributed by atoms with Gasteiger partial charge < -0.3 is 13.9 Å². The third-order valence-corrected chi connectivity index (χ3v) is 1.67. The minimum atomic E-state index is -1.76. The van der Waals surface area contributed by atoms with Crippen LogP contribution in [-0.4, -0.2) is 29.9 Å². The molecule has 0 heterocycles. The molecular formula is C4H10Cl3O3P. The van der Waals surface area contributed by atoms with Crippen LogP contribution in [0.3, 0.4) is 0 Å². The van der Waals surface area contributed by atoms with Gasteiger partial charge in [0, 0.05) is 11.8 Å². The smallest absolute Gasteiger partial charge is 0.328 e. The van der Waals surface area contributed by atoms with Gasteiger partial charge in [0.15, 0.2) is 0 Å². The lowest BCUT2D eigenvalue weighted by Crippen LogP contribution is -1.95. The average Bonchev–Trinajstić information content (AvgIpc) is 1.97. The Morgan fingerprint density at radius 2 is 1.45 bits per heavy atom. The highest BCUT2D eigenvalue weighted by Gasteiger charge is 2.03. The molecule has 0 rings (SSSR count). The van der Waals surface area contributed by atoms with Crippen LogP contribution in [0.15, 0.2) is 0 Å². The molecule has 1 N–H and O–H groups in total. The lowest BCUT2D eigenvalue weighted by atomic mass is 10.9. The monoisotopic (exact) mass is 242 g/mol. The molecule has 0 saturated carbocycles. The van der Waals surface area contributed by atoms with Crippen LogP contribution < -0.4 is 0 Å². The van der Waals surface area contributed by atoms with E-state index in [-0.39, 0.29) is 12.4 Å². The summed E-state index contributed by atoms with van der Waals surface area (Å²) in [5, 5.41) is 0. The van der Waals surface area contributed by atoms with Crippen molar-refractivity contribution in [3.63, 3.8) is 0 Å². The standard InChI is InChI=1S/C4H9Cl2O3P.ClH/c5-1-3-8-10(7)9-4-2-6;/h7H,1-4H2;1H. The zero-order valence-electron chi connectivity index (χ0n) is 5.70. The summed E-state index contributed by atoms with van der Waals surface area (Å²) in [4.78, 5) is 8.81. The second kappa shape index (κ2) is 11.2. The molecule has 0 aliphatic rings. The van der Waals surface area contributed by atoms with Gasteiger partial charge >= 0.3 is 8.60 Å². The van der Waals surface area contributed by atoms with E-state index >= 15 is 0 Å². The van der Waals surface area contributed by atoms with Crippen molar-refractivity contribution < 1.29 is 13.9 Å². The van der Waals surface area contributed by atoms with E-state index in [9.17, 15) is 0 Å². The Balaban J connectivity index is 0. The highest BCUT2D eigenvalue weighted by atomic mass is 35.5. The van der Waals surface area contributed by atoms with Gasteiger partial charge in [-0.2, -0.15) is 0 Å². The fourth-order valence-electron chi connectivity index (χ4n) is 0.262. The third kappa shape index (κ3) is 11.2. The predicted octanol–water partition coefficient (Wildman–Crippen LogP) is 2.14. The number of alkyl halides is 2. The maximum absolute atomic E-state index is 8.81. The van der Waals surface area contributed by atoms with Crippen molar-refractivity contribution in [1.82, 2.24) is 0 Å². The Hall–Kier alpha value is 1.18. The van der Waals surface area contributed by atoms with E-state index in [0.717, 1.165) is 0 Å². The van der Waals surface area contributed by atoms with Crippen LogP contribution in [0.2, 0.25) is 0 Å². The maximum atomic E-state index is 8.81. The maximum Gasteiger partial charge on any atom is 0.329 e.